The van der Waals surface area contributed by atoms with Gasteiger partial charge in [-0.3, -0.25) is 4.79 Å². The number of rotatable bonds is 4. The van der Waals surface area contributed by atoms with E-state index in [1.165, 1.54) is 12.7 Å². The van der Waals surface area contributed by atoms with Crippen LogP contribution in [0.25, 0.3) is 0 Å². The Morgan fingerprint density at radius 2 is 1.87 bits per heavy atom. The van der Waals surface area contributed by atoms with Gasteiger partial charge in [0, 0.05) is 6.04 Å². The van der Waals surface area contributed by atoms with E-state index in [1.54, 1.807) is 6.92 Å². The Hall–Kier alpha value is -1.72. The summed E-state index contributed by atoms with van der Waals surface area (Å²) in [7, 11) is 0. The number of aromatic nitrogens is 3. The Labute approximate surface area is 88.5 Å². The van der Waals surface area contributed by atoms with E-state index in [4.69, 9.17) is 0 Å². The Morgan fingerprint density at radius 3 is 2.40 bits per heavy atom. The molecule has 0 radical (unpaired) electrons. The molecule has 1 amide bonds. The van der Waals surface area contributed by atoms with E-state index in [2.05, 4.69) is 25.6 Å². The molecule has 1 rings (SSSR count). The molecule has 1 aromatic heterocycles. The summed E-state index contributed by atoms with van der Waals surface area (Å²) < 4.78 is 0. The Bertz CT molecular complexity index is 314. The topological polar surface area (TPSA) is 79.8 Å². The number of carbonyl (C=O) groups is 1. The highest BCUT2D eigenvalue weighted by Gasteiger charge is 2.13. The van der Waals surface area contributed by atoms with Gasteiger partial charge in [-0.05, 0) is 20.8 Å². The zero-order valence-corrected chi connectivity index (χ0v) is 9.06. The minimum atomic E-state index is -0.366. The molecule has 0 aliphatic carbocycles. The van der Waals surface area contributed by atoms with E-state index in [9.17, 15) is 4.79 Å². The number of anilines is 1. The first-order chi connectivity index (χ1) is 7.09. The molecule has 6 nitrogen and oxygen atoms in total. The molecule has 1 unspecified atom stereocenters. The lowest BCUT2D eigenvalue weighted by molar-refractivity contribution is -0.122. The number of nitrogens with one attached hydrogen (secondary N) is 2. The molecule has 1 atom stereocenters. The average Bonchev–Trinajstić information content (AvgIpc) is 2.18. The largest absolute Gasteiger partial charge is 0.352 e. The van der Waals surface area contributed by atoms with Gasteiger partial charge >= 0.3 is 0 Å². The van der Waals surface area contributed by atoms with E-state index in [1.807, 2.05) is 13.8 Å². The van der Waals surface area contributed by atoms with Gasteiger partial charge in [0.05, 0.1) is 0 Å². The molecule has 0 aliphatic heterocycles. The van der Waals surface area contributed by atoms with Gasteiger partial charge in [-0.1, -0.05) is 0 Å². The molecule has 0 bridgehead atoms. The van der Waals surface area contributed by atoms with Crippen molar-refractivity contribution in [3.8, 4) is 0 Å². The minimum Gasteiger partial charge on any atom is -0.352 e. The van der Waals surface area contributed by atoms with Gasteiger partial charge in [-0.15, -0.1) is 0 Å². The second-order valence-electron chi connectivity index (χ2n) is 3.49. The predicted octanol–water partition coefficient (Wildman–Crippen LogP) is 0.197. The van der Waals surface area contributed by atoms with Crippen molar-refractivity contribution in [1.29, 1.82) is 0 Å². The minimum absolute atomic E-state index is 0.0783. The van der Waals surface area contributed by atoms with Gasteiger partial charge in [0.2, 0.25) is 11.9 Å². The summed E-state index contributed by atoms with van der Waals surface area (Å²) in [6.07, 6.45) is 2.75. The van der Waals surface area contributed by atoms with Gasteiger partial charge in [-0.25, -0.2) is 15.0 Å². The van der Waals surface area contributed by atoms with Crippen molar-refractivity contribution in [3.05, 3.63) is 12.7 Å². The summed E-state index contributed by atoms with van der Waals surface area (Å²) in [6.45, 7) is 5.57. The predicted molar refractivity (Wildman–Crippen MR) is 56.2 cm³/mol. The van der Waals surface area contributed by atoms with Crippen LogP contribution in [0.1, 0.15) is 20.8 Å². The highest BCUT2D eigenvalue weighted by atomic mass is 16.2. The number of hydrogen-bond donors (Lipinski definition) is 2. The van der Waals surface area contributed by atoms with E-state index < -0.39 is 0 Å². The molecule has 1 aromatic rings. The van der Waals surface area contributed by atoms with Crippen molar-refractivity contribution < 1.29 is 4.79 Å². The lowest BCUT2D eigenvalue weighted by Crippen LogP contribution is -2.41. The van der Waals surface area contributed by atoms with Crippen LogP contribution in [0, 0.1) is 0 Å². The SMILES string of the molecule is CC(C)NC(=O)C(C)Nc1ncncn1. The zero-order valence-electron chi connectivity index (χ0n) is 9.06. The Balaban J connectivity index is 2.49. The molecule has 0 fully saturated rings. The molecule has 0 saturated heterocycles. The Morgan fingerprint density at radius 1 is 1.27 bits per heavy atom. The first-order valence-corrected chi connectivity index (χ1v) is 4.78. The Kier molecular flexibility index (Phi) is 3.96. The molecular weight excluding hydrogens is 194 g/mol. The van der Waals surface area contributed by atoms with Crippen LogP contribution in [-0.2, 0) is 4.79 Å². The standard InChI is InChI=1S/C9H15N5O/c1-6(2)13-8(15)7(3)14-9-11-4-10-5-12-9/h4-7H,1-3H3,(H,13,15)(H,10,11,12,14). The maximum atomic E-state index is 11.5. The highest BCUT2D eigenvalue weighted by molar-refractivity contribution is 5.83. The number of hydrogen-bond acceptors (Lipinski definition) is 5. The van der Waals surface area contributed by atoms with Crippen molar-refractivity contribution in [1.82, 2.24) is 20.3 Å². The normalized spacial score (nSPS) is 12.3. The fourth-order valence-corrected chi connectivity index (χ4v) is 0.982. The third-order valence-corrected chi connectivity index (χ3v) is 1.66. The molecule has 0 saturated carbocycles. The van der Waals surface area contributed by atoms with E-state index in [0.29, 0.717) is 5.95 Å². The van der Waals surface area contributed by atoms with Crippen molar-refractivity contribution in [2.45, 2.75) is 32.9 Å². The first kappa shape index (κ1) is 11.4. The molecule has 15 heavy (non-hydrogen) atoms. The van der Waals surface area contributed by atoms with Crippen LogP contribution in [0.5, 0.6) is 0 Å². The molecule has 6 heteroatoms. The van der Waals surface area contributed by atoms with Gasteiger partial charge < -0.3 is 10.6 Å². The number of amides is 1. The van der Waals surface area contributed by atoms with Crippen molar-refractivity contribution in [3.63, 3.8) is 0 Å². The van der Waals surface area contributed by atoms with Crippen LogP contribution in [-0.4, -0.2) is 32.9 Å². The second kappa shape index (κ2) is 5.23. The average molecular weight is 209 g/mol. The van der Waals surface area contributed by atoms with Crippen LogP contribution in [0.3, 0.4) is 0 Å². The molecule has 0 aromatic carbocycles. The fraction of sp³-hybridized carbons (Fsp3) is 0.556. The molecule has 1 heterocycles. The van der Waals surface area contributed by atoms with Crippen LogP contribution in [0.15, 0.2) is 12.7 Å². The quantitative estimate of drug-likeness (QED) is 0.740. The maximum Gasteiger partial charge on any atom is 0.242 e. The van der Waals surface area contributed by atoms with Crippen LogP contribution in [0.2, 0.25) is 0 Å². The van der Waals surface area contributed by atoms with Gasteiger partial charge in [-0.2, -0.15) is 0 Å². The lowest BCUT2D eigenvalue weighted by Gasteiger charge is -2.15. The summed E-state index contributed by atoms with van der Waals surface area (Å²) in [4.78, 5) is 22.9. The van der Waals surface area contributed by atoms with Gasteiger partial charge in [0.15, 0.2) is 0 Å². The van der Waals surface area contributed by atoms with Crippen LogP contribution >= 0.6 is 0 Å². The van der Waals surface area contributed by atoms with Crippen molar-refractivity contribution in [2.24, 2.45) is 0 Å². The van der Waals surface area contributed by atoms with E-state index in [0.717, 1.165) is 0 Å². The highest BCUT2D eigenvalue weighted by Crippen LogP contribution is 1.97. The van der Waals surface area contributed by atoms with Crippen molar-refractivity contribution in [2.75, 3.05) is 5.32 Å². The van der Waals surface area contributed by atoms with Crippen LogP contribution < -0.4 is 10.6 Å². The van der Waals surface area contributed by atoms with Gasteiger partial charge in [0.1, 0.15) is 18.7 Å². The van der Waals surface area contributed by atoms with E-state index >= 15 is 0 Å². The molecule has 0 spiro atoms. The first-order valence-electron chi connectivity index (χ1n) is 4.78. The summed E-state index contributed by atoms with van der Waals surface area (Å²) in [5.41, 5.74) is 0. The number of carbonyl (C=O) groups excluding carboxylic acids is 1. The van der Waals surface area contributed by atoms with E-state index in [-0.39, 0.29) is 18.0 Å². The lowest BCUT2D eigenvalue weighted by atomic mass is 10.3. The molecule has 2 N–H and O–H groups in total. The summed E-state index contributed by atoms with van der Waals surface area (Å²) in [6, 6.07) is -0.241. The van der Waals surface area contributed by atoms with Crippen molar-refractivity contribution >= 4 is 11.9 Å². The summed E-state index contributed by atoms with van der Waals surface area (Å²) >= 11 is 0. The smallest absolute Gasteiger partial charge is 0.242 e. The molecule has 82 valence electrons. The fourth-order valence-electron chi connectivity index (χ4n) is 0.982. The van der Waals surface area contributed by atoms with Crippen LogP contribution in [0.4, 0.5) is 5.95 Å². The third kappa shape index (κ3) is 3.88. The monoisotopic (exact) mass is 209 g/mol. The third-order valence-electron chi connectivity index (χ3n) is 1.66. The van der Waals surface area contributed by atoms with Gasteiger partial charge in [0.25, 0.3) is 0 Å². The molecule has 0 aliphatic rings. The number of nitrogens with zero attached hydrogens (tertiary/aromatic N) is 3. The second-order valence-corrected chi connectivity index (χ2v) is 3.49. The zero-order chi connectivity index (χ0) is 11.3. The summed E-state index contributed by atoms with van der Waals surface area (Å²) in [5, 5.41) is 5.66. The maximum absolute atomic E-state index is 11.5. The molecular formula is C9H15N5O. The summed E-state index contributed by atoms with van der Waals surface area (Å²) in [5.74, 6) is 0.321.